The molecular formula is C21H21N5. The van der Waals surface area contributed by atoms with Gasteiger partial charge in [0.15, 0.2) is 5.41 Å². The molecule has 1 aliphatic carbocycles. The van der Waals surface area contributed by atoms with Gasteiger partial charge < -0.3 is 10.6 Å². The van der Waals surface area contributed by atoms with E-state index in [1.54, 1.807) is 0 Å². The predicted octanol–water partition coefficient (Wildman–Crippen LogP) is 2.51. The molecule has 5 nitrogen and oxygen atoms in total. The molecule has 3 rings (SSSR count). The number of hydrogen-bond acceptors (Lipinski definition) is 5. The standard InChI is InChI=1S/C21H21N5/c1-26-10-9-16-17(11-22)20(25)21(13-23,14-24)19(18(16)12-26)8-7-15-5-3-2-4-6-15/h2-6,9,18-19H,7-8,10,12,25H2,1H3/t18-,19+/m1/s1. The van der Waals surface area contributed by atoms with Gasteiger partial charge in [-0.1, -0.05) is 36.4 Å². The number of nitrogens with two attached hydrogens (primary N) is 1. The van der Waals surface area contributed by atoms with Gasteiger partial charge in [-0.2, -0.15) is 15.8 Å². The van der Waals surface area contributed by atoms with Crippen molar-refractivity contribution in [3.8, 4) is 18.2 Å². The Hall–Kier alpha value is -3.07. The van der Waals surface area contributed by atoms with E-state index in [2.05, 4.69) is 23.1 Å². The average Bonchev–Trinajstić information content (AvgIpc) is 2.67. The first-order valence-corrected chi connectivity index (χ1v) is 8.73. The first-order valence-electron chi connectivity index (χ1n) is 8.73. The van der Waals surface area contributed by atoms with Crippen LogP contribution in [0.3, 0.4) is 0 Å². The Kier molecular flexibility index (Phi) is 4.81. The molecule has 1 aromatic rings. The van der Waals surface area contributed by atoms with Crippen LogP contribution in [-0.2, 0) is 6.42 Å². The molecular weight excluding hydrogens is 322 g/mol. The van der Waals surface area contributed by atoms with Crippen LogP contribution >= 0.6 is 0 Å². The number of fused-ring (bicyclic) bond motifs is 1. The van der Waals surface area contributed by atoms with Crippen LogP contribution in [0.2, 0.25) is 0 Å². The summed E-state index contributed by atoms with van der Waals surface area (Å²) in [5.41, 5.74) is 7.30. The van der Waals surface area contributed by atoms with Crippen LogP contribution in [0.25, 0.3) is 0 Å². The molecule has 0 radical (unpaired) electrons. The minimum absolute atomic E-state index is 0.0429. The van der Waals surface area contributed by atoms with Crippen LogP contribution in [-0.4, -0.2) is 25.0 Å². The van der Waals surface area contributed by atoms with E-state index >= 15 is 0 Å². The maximum absolute atomic E-state index is 9.92. The van der Waals surface area contributed by atoms with Crippen LogP contribution < -0.4 is 5.73 Å². The molecule has 130 valence electrons. The molecule has 0 amide bonds. The molecule has 2 atom stereocenters. The van der Waals surface area contributed by atoms with Crippen molar-refractivity contribution >= 4 is 0 Å². The summed E-state index contributed by atoms with van der Waals surface area (Å²) in [5.74, 6) is -0.289. The zero-order chi connectivity index (χ0) is 18.7. The van der Waals surface area contributed by atoms with Gasteiger partial charge in [-0.3, -0.25) is 0 Å². The minimum atomic E-state index is -1.46. The monoisotopic (exact) mass is 343 g/mol. The van der Waals surface area contributed by atoms with E-state index in [0.717, 1.165) is 25.1 Å². The average molecular weight is 343 g/mol. The largest absolute Gasteiger partial charge is 0.399 e. The number of nitriles is 3. The Labute approximate surface area is 154 Å². The Morgan fingerprint density at radius 2 is 1.88 bits per heavy atom. The number of hydrogen-bond donors (Lipinski definition) is 1. The smallest absolute Gasteiger partial charge is 0.187 e. The van der Waals surface area contributed by atoms with E-state index in [-0.39, 0.29) is 17.5 Å². The molecule has 2 N–H and O–H groups in total. The third kappa shape index (κ3) is 2.76. The van der Waals surface area contributed by atoms with Crippen molar-refractivity contribution in [2.75, 3.05) is 20.1 Å². The molecule has 0 bridgehead atoms. The number of rotatable bonds is 3. The molecule has 26 heavy (non-hydrogen) atoms. The van der Waals surface area contributed by atoms with Gasteiger partial charge in [0.2, 0.25) is 0 Å². The minimum Gasteiger partial charge on any atom is -0.399 e. The normalized spacial score (nSPS) is 24.6. The van der Waals surface area contributed by atoms with E-state index in [9.17, 15) is 15.8 Å². The Bertz CT molecular complexity index is 862. The molecule has 0 saturated heterocycles. The summed E-state index contributed by atoms with van der Waals surface area (Å²) < 4.78 is 0. The van der Waals surface area contributed by atoms with Crippen LogP contribution in [0.5, 0.6) is 0 Å². The molecule has 2 aliphatic rings. The van der Waals surface area contributed by atoms with Gasteiger partial charge in [-0.25, -0.2) is 0 Å². The van der Waals surface area contributed by atoms with Crippen LogP contribution in [0.1, 0.15) is 12.0 Å². The first kappa shape index (κ1) is 17.7. The Morgan fingerprint density at radius 3 is 2.50 bits per heavy atom. The lowest BCUT2D eigenvalue weighted by Crippen LogP contribution is -2.48. The highest BCUT2D eigenvalue weighted by atomic mass is 15.1. The fraction of sp³-hybridized carbons (Fsp3) is 0.381. The van der Waals surface area contributed by atoms with Gasteiger partial charge in [0.1, 0.15) is 6.07 Å². The summed E-state index contributed by atoms with van der Waals surface area (Å²) in [4.78, 5) is 2.15. The van der Waals surface area contributed by atoms with E-state index < -0.39 is 5.41 Å². The number of benzene rings is 1. The quantitative estimate of drug-likeness (QED) is 0.909. The highest BCUT2D eigenvalue weighted by Crippen LogP contribution is 2.50. The van der Waals surface area contributed by atoms with Crippen LogP contribution in [0, 0.1) is 51.2 Å². The molecule has 0 saturated carbocycles. The van der Waals surface area contributed by atoms with E-state index in [4.69, 9.17) is 5.73 Å². The van der Waals surface area contributed by atoms with Gasteiger partial charge in [0, 0.05) is 24.9 Å². The second-order valence-corrected chi connectivity index (χ2v) is 7.05. The van der Waals surface area contributed by atoms with Gasteiger partial charge in [-0.05, 0) is 31.0 Å². The molecule has 1 aliphatic heterocycles. The number of likely N-dealkylation sites (N-methyl/N-ethyl adjacent to an activating group) is 1. The molecule has 0 unspecified atom stereocenters. The zero-order valence-electron chi connectivity index (χ0n) is 14.8. The highest BCUT2D eigenvalue weighted by Gasteiger charge is 2.53. The molecule has 0 spiro atoms. The van der Waals surface area contributed by atoms with Gasteiger partial charge in [0.25, 0.3) is 0 Å². The highest BCUT2D eigenvalue weighted by molar-refractivity contribution is 5.56. The third-order valence-electron chi connectivity index (χ3n) is 5.61. The molecule has 1 aromatic carbocycles. The summed E-state index contributed by atoms with van der Waals surface area (Å²) in [5, 5.41) is 29.5. The summed E-state index contributed by atoms with van der Waals surface area (Å²) in [6.45, 7) is 1.46. The fourth-order valence-corrected chi connectivity index (χ4v) is 4.22. The Morgan fingerprint density at radius 1 is 1.19 bits per heavy atom. The number of allylic oxidation sites excluding steroid dienone is 2. The maximum atomic E-state index is 9.92. The molecule has 0 fully saturated rings. The summed E-state index contributed by atoms with van der Waals surface area (Å²) in [7, 11) is 2.01. The van der Waals surface area contributed by atoms with Crippen molar-refractivity contribution in [1.29, 1.82) is 15.8 Å². The maximum Gasteiger partial charge on any atom is 0.187 e. The predicted molar refractivity (Wildman–Crippen MR) is 97.8 cm³/mol. The van der Waals surface area contributed by atoms with E-state index in [0.29, 0.717) is 12.0 Å². The summed E-state index contributed by atoms with van der Waals surface area (Å²) in [6.07, 6.45) is 3.45. The van der Waals surface area contributed by atoms with Gasteiger partial charge in [-0.15, -0.1) is 0 Å². The summed E-state index contributed by atoms with van der Waals surface area (Å²) >= 11 is 0. The van der Waals surface area contributed by atoms with Crippen LogP contribution in [0.15, 0.2) is 53.3 Å². The Balaban J connectivity index is 2.07. The lowest BCUT2D eigenvalue weighted by molar-refractivity contribution is 0.178. The second-order valence-electron chi connectivity index (χ2n) is 7.05. The van der Waals surface area contributed by atoms with Crippen molar-refractivity contribution in [2.24, 2.45) is 23.0 Å². The second kappa shape index (κ2) is 7.04. The fourth-order valence-electron chi connectivity index (χ4n) is 4.22. The van der Waals surface area contributed by atoms with Crippen molar-refractivity contribution in [1.82, 2.24) is 4.90 Å². The molecule has 0 aromatic heterocycles. The van der Waals surface area contributed by atoms with Gasteiger partial charge in [0.05, 0.1) is 23.4 Å². The van der Waals surface area contributed by atoms with E-state index in [1.165, 1.54) is 5.56 Å². The van der Waals surface area contributed by atoms with Crippen molar-refractivity contribution in [3.05, 3.63) is 58.8 Å². The van der Waals surface area contributed by atoms with Crippen molar-refractivity contribution in [2.45, 2.75) is 12.8 Å². The number of nitrogens with zero attached hydrogens (tertiary/aromatic N) is 4. The van der Waals surface area contributed by atoms with Crippen molar-refractivity contribution in [3.63, 3.8) is 0 Å². The van der Waals surface area contributed by atoms with E-state index in [1.807, 2.05) is 43.5 Å². The first-order chi connectivity index (χ1) is 12.6. The zero-order valence-corrected chi connectivity index (χ0v) is 14.8. The third-order valence-corrected chi connectivity index (χ3v) is 5.61. The molecule has 5 heteroatoms. The van der Waals surface area contributed by atoms with Gasteiger partial charge >= 0.3 is 0 Å². The summed E-state index contributed by atoms with van der Waals surface area (Å²) in [6, 6.07) is 16.5. The topological polar surface area (TPSA) is 101 Å². The lowest BCUT2D eigenvalue weighted by atomic mass is 9.58. The van der Waals surface area contributed by atoms with Crippen LogP contribution in [0.4, 0.5) is 0 Å². The molecule has 1 heterocycles. The number of aryl methyl sites for hydroxylation is 1. The SMILES string of the molecule is CN1CC=C2C(C#N)=C(N)C(C#N)(C#N)[C@@H](CCc3ccccc3)[C@@H]2C1. The lowest BCUT2D eigenvalue weighted by Gasteiger charge is -2.45. The van der Waals surface area contributed by atoms with Crippen molar-refractivity contribution < 1.29 is 0 Å².